The Hall–Kier alpha value is -2.02. The van der Waals surface area contributed by atoms with Crippen LogP contribution in [0.15, 0.2) is 12.1 Å². The van der Waals surface area contributed by atoms with Crippen LogP contribution >= 0.6 is 0 Å². The number of carbonyl (C=O) groups is 1. The summed E-state index contributed by atoms with van der Waals surface area (Å²) in [5.74, 6) is -0.236. The molecule has 0 fully saturated rings. The second-order valence-electron chi connectivity index (χ2n) is 7.46. The number of carbonyl (C=O) groups excluding carboxylic acids is 1. The first-order valence-corrected chi connectivity index (χ1v) is 7.40. The number of phenols is 1. The number of nitrogens with zero attached hydrogens (tertiary/aromatic N) is 1. The van der Waals surface area contributed by atoms with Crippen LogP contribution in [-0.4, -0.2) is 17.7 Å². The molecule has 1 aromatic carbocycles. The molecule has 0 heterocycles. The molecule has 0 aliphatic heterocycles. The molecule has 22 heavy (non-hydrogen) atoms. The lowest BCUT2D eigenvalue weighted by atomic mass is 9.78. The highest BCUT2D eigenvalue weighted by Gasteiger charge is 2.28. The number of hydrogen-bond acceptors (Lipinski definition) is 4. The van der Waals surface area contributed by atoms with Crippen molar-refractivity contribution in [1.82, 2.24) is 0 Å². The van der Waals surface area contributed by atoms with Crippen LogP contribution in [0.25, 0.3) is 0 Å². The lowest BCUT2D eigenvalue weighted by Gasteiger charge is -2.27. The van der Waals surface area contributed by atoms with Crippen LogP contribution < -0.4 is 0 Å². The Morgan fingerprint density at radius 3 is 1.95 bits per heavy atom. The van der Waals surface area contributed by atoms with Gasteiger partial charge in [0, 0.05) is 11.1 Å². The van der Waals surface area contributed by atoms with E-state index in [0.29, 0.717) is 16.7 Å². The van der Waals surface area contributed by atoms with Crippen molar-refractivity contribution in [2.24, 2.45) is 0 Å². The van der Waals surface area contributed by atoms with Crippen molar-refractivity contribution >= 4 is 5.97 Å². The van der Waals surface area contributed by atoms with Crippen LogP contribution in [-0.2, 0) is 15.6 Å². The third-order valence-corrected chi connectivity index (χ3v) is 3.41. The van der Waals surface area contributed by atoms with Crippen LogP contribution in [0.3, 0.4) is 0 Å². The topological polar surface area (TPSA) is 70.3 Å². The Balaban J connectivity index is 3.36. The molecule has 0 aliphatic carbocycles. The lowest BCUT2D eigenvalue weighted by molar-refractivity contribution is 0.0513. The normalized spacial score (nSPS) is 11.9. The maximum Gasteiger partial charge on any atom is 0.338 e. The Morgan fingerprint density at radius 2 is 1.59 bits per heavy atom. The third-order valence-electron chi connectivity index (χ3n) is 3.41. The summed E-state index contributed by atoms with van der Waals surface area (Å²) in [6.45, 7) is 12.0. The van der Waals surface area contributed by atoms with Gasteiger partial charge in [-0.3, -0.25) is 0 Å². The van der Waals surface area contributed by atoms with E-state index >= 15 is 0 Å². The lowest BCUT2D eigenvalue weighted by Crippen LogP contribution is -2.19. The number of esters is 1. The van der Waals surface area contributed by atoms with Gasteiger partial charge in [0.1, 0.15) is 12.4 Å². The molecule has 0 saturated heterocycles. The molecular weight excluding hydrogens is 278 g/mol. The van der Waals surface area contributed by atoms with Crippen molar-refractivity contribution in [3.63, 3.8) is 0 Å². The van der Waals surface area contributed by atoms with Gasteiger partial charge in [0.25, 0.3) is 0 Å². The highest BCUT2D eigenvalue weighted by molar-refractivity contribution is 5.90. The Kier molecular flexibility index (Phi) is 5.24. The van der Waals surface area contributed by atoms with E-state index in [2.05, 4.69) is 0 Å². The first-order chi connectivity index (χ1) is 9.98. The summed E-state index contributed by atoms with van der Waals surface area (Å²) in [6.07, 6.45) is 0.169. The van der Waals surface area contributed by atoms with Crippen molar-refractivity contribution in [2.45, 2.75) is 58.8 Å². The largest absolute Gasteiger partial charge is 0.507 e. The van der Waals surface area contributed by atoms with Crippen LogP contribution in [0.5, 0.6) is 5.75 Å². The van der Waals surface area contributed by atoms with Crippen molar-refractivity contribution in [3.8, 4) is 11.8 Å². The van der Waals surface area contributed by atoms with Gasteiger partial charge < -0.3 is 9.84 Å². The molecule has 4 heteroatoms. The minimum atomic E-state index is -0.466. The van der Waals surface area contributed by atoms with Crippen LogP contribution in [0, 0.1) is 11.3 Å². The third kappa shape index (κ3) is 4.24. The molecule has 0 aromatic heterocycles. The number of nitriles is 1. The van der Waals surface area contributed by atoms with Gasteiger partial charge in [-0.15, -0.1) is 0 Å². The summed E-state index contributed by atoms with van der Waals surface area (Å²) in [7, 11) is 0. The van der Waals surface area contributed by atoms with Crippen molar-refractivity contribution in [3.05, 3.63) is 28.8 Å². The van der Waals surface area contributed by atoms with Gasteiger partial charge in [0.15, 0.2) is 0 Å². The maximum absolute atomic E-state index is 12.2. The molecule has 0 bridgehead atoms. The summed E-state index contributed by atoms with van der Waals surface area (Å²) in [5.41, 5.74) is 1.24. The molecule has 1 aromatic rings. The van der Waals surface area contributed by atoms with Crippen molar-refractivity contribution in [2.75, 3.05) is 6.61 Å². The van der Waals surface area contributed by atoms with E-state index < -0.39 is 5.97 Å². The summed E-state index contributed by atoms with van der Waals surface area (Å²) in [6, 6.07) is 5.30. The molecule has 0 amide bonds. The Bertz CT molecular complexity index is 563. The molecule has 120 valence electrons. The summed E-state index contributed by atoms with van der Waals surface area (Å²) in [5, 5.41) is 19.1. The maximum atomic E-state index is 12.2. The Morgan fingerprint density at radius 1 is 1.14 bits per heavy atom. The van der Waals surface area contributed by atoms with Gasteiger partial charge in [-0.1, -0.05) is 41.5 Å². The first-order valence-electron chi connectivity index (χ1n) is 7.40. The molecule has 0 aliphatic rings. The molecule has 1 rings (SSSR count). The first kappa shape index (κ1) is 18.0. The monoisotopic (exact) mass is 303 g/mol. The Labute approximate surface area is 132 Å². The predicted octanol–water partition coefficient (Wildman–Crippen LogP) is 4.06. The van der Waals surface area contributed by atoms with Gasteiger partial charge in [0.05, 0.1) is 18.1 Å². The fraction of sp³-hybridized carbons (Fsp3) is 0.556. The minimum Gasteiger partial charge on any atom is -0.507 e. The average molecular weight is 303 g/mol. The average Bonchev–Trinajstić information content (AvgIpc) is 2.36. The van der Waals surface area contributed by atoms with Gasteiger partial charge in [-0.05, 0) is 23.0 Å². The van der Waals surface area contributed by atoms with Crippen LogP contribution in [0.1, 0.15) is 69.4 Å². The smallest absolute Gasteiger partial charge is 0.338 e. The second kappa shape index (κ2) is 6.39. The van der Waals surface area contributed by atoms with Gasteiger partial charge in [-0.2, -0.15) is 5.26 Å². The number of rotatable bonds is 3. The summed E-state index contributed by atoms with van der Waals surface area (Å²) < 4.78 is 5.10. The van der Waals surface area contributed by atoms with Crippen molar-refractivity contribution in [1.29, 1.82) is 5.26 Å². The molecule has 0 radical (unpaired) electrons. The van der Waals surface area contributed by atoms with E-state index in [9.17, 15) is 9.90 Å². The fourth-order valence-electron chi connectivity index (χ4n) is 2.17. The molecule has 0 saturated carbocycles. The standard InChI is InChI=1S/C18H25NO3/c1-17(2,3)13-10-12(16(21)22-9-7-8-19)11-14(15(13)20)18(4,5)6/h10-11,20H,7,9H2,1-6H3. The predicted molar refractivity (Wildman–Crippen MR) is 86.0 cm³/mol. The SMILES string of the molecule is CC(C)(C)c1cc(C(=O)OCCC#N)cc(C(C)(C)C)c1O. The zero-order valence-corrected chi connectivity index (χ0v) is 14.3. The summed E-state index contributed by atoms with van der Waals surface area (Å²) >= 11 is 0. The zero-order valence-electron chi connectivity index (χ0n) is 14.3. The van der Waals surface area contributed by atoms with Gasteiger partial charge >= 0.3 is 5.97 Å². The van der Waals surface area contributed by atoms with Crippen LogP contribution in [0.2, 0.25) is 0 Å². The second-order valence-corrected chi connectivity index (χ2v) is 7.46. The number of ether oxygens (including phenoxy) is 1. The molecule has 0 spiro atoms. The van der Waals surface area contributed by atoms with E-state index in [1.807, 2.05) is 47.6 Å². The fourth-order valence-corrected chi connectivity index (χ4v) is 2.17. The van der Waals surface area contributed by atoms with Gasteiger partial charge in [0.2, 0.25) is 0 Å². The molecule has 4 nitrogen and oxygen atoms in total. The van der Waals surface area contributed by atoms with E-state index in [0.717, 1.165) is 0 Å². The van der Waals surface area contributed by atoms with E-state index in [4.69, 9.17) is 10.00 Å². The number of aromatic hydroxyl groups is 1. The number of benzene rings is 1. The van der Waals surface area contributed by atoms with Crippen LogP contribution in [0.4, 0.5) is 0 Å². The zero-order chi connectivity index (χ0) is 17.1. The highest BCUT2D eigenvalue weighted by atomic mass is 16.5. The van der Waals surface area contributed by atoms with E-state index in [1.54, 1.807) is 12.1 Å². The molecular formula is C18H25NO3. The van der Waals surface area contributed by atoms with Gasteiger partial charge in [-0.25, -0.2) is 4.79 Å². The highest BCUT2D eigenvalue weighted by Crippen LogP contribution is 2.39. The summed E-state index contributed by atoms with van der Waals surface area (Å²) in [4.78, 5) is 12.2. The molecule has 0 atom stereocenters. The quantitative estimate of drug-likeness (QED) is 0.675. The van der Waals surface area contributed by atoms with E-state index in [1.165, 1.54) is 0 Å². The minimum absolute atomic E-state index is 0.0753. The van der Waals surface area contributed by atoms with E-state index in [-0.39, 0.29) is 29.6 Å². The van der Waals surface area contributed by atoms with Crippen molar-refractivity contribution < 1.29 is 14.6 Å². The molecule has 0 unspecified atom stereocenters. The number of phenolic OH excluding ortho intramolecular Hbond substituents is 1. The number of hydrogen-bond donors (Lipinski definition) is 1. The molecule has 1 N–H and O–H groups in total.